The molecule has 0 radical (unpaired) electrons. The van der Waals surface area contributed by atoms with Crippen molar-refractivity contribution < 1.29 is 14.3 Å². The van der Waals surface area contributed by atoms with E-state index in [9.17, 15) is 4.79 Å². The summed E-state index contributed by atoms with van der Waals surface area (Å²) in [5, 5.41) is 8.68. The normalized spacial score (nSPS) is 14.6. The molecule has 1 N–H and O–H groups in total. The van der Waals surface area contributed by atoms with Crippen LogP contribution >= 0.6 is 11.8 Å². The highest BCUT2D eigenvalue weighted by molar-refractivity contribution is 7.98. The molecule has 0 spiro atoms. The molecule has 0 amide bonds. The summed E-state index contributed by atoms with van der Waals surface area (Å²) in [4.78, 5) is 18.0. The number of aromatic nitrogens is 3. The average molecular weight is 581 g/mol. The number of nitrogens with zero attached hydrogens (tertiary/aromatic N) is 3. The molecule has 5 rings (SSSR count). The molecule has 0 fully saturated rings. The molecule has 1 aromatic heterocycles. The summed E-state index contributed by atoms with van der Waals surface area (Å²) in [6.45, 7) is 12.7. The summed E-state index contributed by atoms with van der Waals surface area (Å²) in [6.07, 6.45) is 1.56. The number of rotatable bonds is 10. The fraction of sp³-hybridized carbons (Fsp3) is 0.265. The molecule has 1 aliphatic rings. The van der Waals surface area contributed by atoms with Crippen LogP contribution in [0.2, 0.25) is 0 Å². The molecular formula is C34H36N4O3S. The Morgan fingerprint density at radius 1 is 1.02 bits per heavy atom. The van der Waals surface area contributed by atoms with Crippen LogP contribution in [0.4, 0.5) is 5.95 Å². The number of benzene rings is 3. The van der Waals surface area contributed by atoms with Crippen LogP contribution in [-0.2, 0) is 27.3 Å². The van der Waals surface area contributed by atoms with Gasteiger partial charge in [-0.25, -0.2) is 9.48 Å². The zero-order chi connectivity index (χ0) is 29.7. The number of carbonyl (C=O) groups excluding carboxylic acids is 1. The number of nitrogens with one attached hydrogen (secondary N) is 1. The van der Waals surface area contributed by atoms with Crippen molar-refractivity contribution in [1.29, 1.82) is 0 Å². The van der Waals surface area contributed by atoms with Crippen molar-refractivity contribution in [3.05, 3.63) is 125 Å². The van der Waals surface area contributed by atoms with Crippen LogP contribution in [0.15, 0.2) is 108 Å². The van der Waals surface area contributed by atoms with E-state index >= 15 is 0 Å². The SMILES string of the molecule is C=CCOC(=O)C1=C(C)Nc2nc(SCc3ccccc3)nn2C1c1ccc(OCc2ccc(C(C)(C)C)cc2)cc1. The summed E-state index contributed by atoms with van der Waals surface area (Å²) < 4.78 is 13.3. The minimum atomic E-state index is -0.517. The Morgan fingerprint density at radius 2 is 1.74 bits per heavy atom. The molecule has 1 unspecified atom stereocenters. The van der Waals surface area contributed by atoms with E-state index in [2.05, 4.69) is 69.1 Å². The molecule has 0 saturated heterocycles. The summed E-state index contributed by atoms with van der Waals surface area (Å²) in [5.41, 5.74) is 5.70. The molecule has 4 aromatic rings. The number of esters is 1. The maximum Gasteiger partial charge on any atom is 0.338 e. The van der Waals surface area contributed by atoms with E-state index in [1.807, 2.05) is 49.4 Å². The molecule has 7 nitrogen and oxygen atoms in total. The van der Waals surface area contributed by atoms with Crippen LogP contribution < -0.4 is 10.1 Å². The molecule has 0 saturated carbocycles. The highest BCUT2D eigenvalue weighted by Gasteiger charge is 2.35. The quantitative estimate of drug-likeness (QED) is 0.118. The third-order valence-electron chi connectivity index (χ3n) is 7.02. The van der Waals surface area contributed by atoms with Crippen LogP contribution in [0, 0.1) is 0 Å². The van der Waals surface area contributed by atoms with E-state index in [4.69, 9.17) is 19.6 Å². The van der Waals surface area contributed by atoms with Crippen LogP contribution in [0.3, 0.4) is 0 Å². The third-order valence-corrected chi connectivity index (χ3v) is 7.93. The van der Waals surface area contributed by atoms with Gasteiger partial charge in [0.25, 0.3) is 0 Å². The summed E-state index contributed by atoms with van der Waals surface area (Å²) in [5.74, 6) is 1.62. The Morgan fingerprint density at radius 3 is 2.40 bits per heavy atom. The first kappa shape index (κ1) is 29.2. The summed E-state index contributed by atoms with van der Waals surface area (Å²) in [6, 6.07) is 26.0. The number of ether oxygens (including phenoxy) is 2. The van der Waals surface area contributed by atoms with E-state index in [0.717, 1.165) is 22.6 Å². The van der Waals surface area contributed by atoms with Gasteiger partial charge in [-0.3, -0.25) is 0 Å². The summed E-state index contributed by atoms with van der Waals surface area (Å²) >= 11 is 1.55. The molecule has 1 aliphatic heterocycles. The maximum atomic E-state index is 13.2. The second kappa shape index (κ2) is 12.7. The number of allylic oxidation sites excluding steroid dienone is 1. The fourth-order valence-electron chi connectivity index (χ4n) is 4.71. The predicted molar refractivity (Wildman–Crippen MR) is 168 cm³/mol. The van der Waals surface area contributed by atoms with E-state index in [-0.39, 0.29) is 12.0 Å². The number of thioether (sulfide) groups is 1. The molecule has 2 heterocycles. The van der Waals surface area contributed by atoms with Gasteiger partial charge in [-0.15, -0.1) is 5.10 Å². The Hall–Kier alpha value is -4.30. The zero-order valence-electron chi connectivity index (χ0n) is 24.5. The topological polar surface area (TPSA) is 78.3 Å². The second-order valence-corrected chi connectivity index (χ2v) is 12.1. The van der Waals surface area contributed by atoms with Gasteiger partial charge in [-0.2, -0.15) is 4.98 Å². The van der Waals surface area contributed by atoms with Gasteiger partial charge in [0.15, 0.2) is 0 Å². The number of hydrogen-bond acceptors (Lipinski definition) is 7. The van der Waals surface area contributed by atoms with Crippen LogP contribution in [0.1, 0.15) is 56.0 Å². The Balaban J connectivity index is 1.37. The van der Waals surface area contributed by atoms with Gasteiger partial charge in [-0.05, 0) is 46.7 Å². The van der Waals surface area contributed by atoms with Crippen molar-refractivity contribution in [2.75, 3.05) is 11.9 Å². The molecule has 3 aromatic carbocycles. The Kier molecular flexibility index (Phi) is 8.83. The first-order chi connectivity index (χ1) is 20.2. The van der Waals surface area contributed by atoms with Crippen molar-refractivity contribution in [3.8, 4) is 5.75 Å². The molecule has 42 heavy (non-hydrogen) atoms. The fourth-order valence-corrected chi connectivity index (χ4v) is 5.50. The maximum absolute atomic E-state index is 13.2. The van der Waals surface area contributed by atoms with Gasteiger partial charge in [0, 0.05) is 11.4 Å². The van der Waals surface area contributed by atoms with E-state index in [0.29, 0.717) is 29.0 Å². The Labute approximate surface area is 251 Å². The highest BCUT2D eigenvalue weighted by atomic mass is 32.2. The van der Waals surface area contributed by atoms with Crippen molar-refractivity contribution in [2.45, 2.75) is 56.7 Å². The average Bonchev–Trinajstić information content (AvgIpc) is 3.40. The van der Waals surface area contributed by atoms with Crippen LogP contribution in [0.25, 0.3) is 0 Å². The van der Waals surface area contributed by atoms with Gasteiger partial charge in [-0.1, -0.05) is 112 Å². The number of fused-ring (bicyclic) bond motifs is 1. The predicted octanol–water partition coefficient (Wildman–Crippen LogP) is 7.47. The molecule has 8 heteroatoms. The van der Waals surface area contributed by atoms with Gasteiger partial charge >= 0.3 is 5.97 Å². The van der Waals surface area contributed by atoms with E-state index in [1.54, 1.807) is 22.5 Å². The van der Waals surface area contributed by atoms with E-state index in [1.165, 1.54) is 11.1 Å². The molecule has 1 atom stereocenters. The number of anilines is 1. The van der Waals surface area contributed by atoms with Crippen LogP contribution in [0.5, 0.6) is 5.75 Å². The highest BCUT2D eigenvalue weighted by Crippen LogP contribution is 2.37. The van der Waals surface area contributed by atoms with Crippen molar-refractivity contribution in [2.24, 2.45) is 0 Å². The van der Waals surface area contributed by atoms with Gasteiger partial charge in [0.05, 0.1) is 5.57 Å². The molecule has 0 bridgehead atoms. The van der Waals surface area contributed by atoms with Crippen molar-refractivity contribution in [3.63, 3.8) is 0 Å². The minimum absolute atomic E-state index is 0.110. The van der Waals surface area contributed by atoms with E-state index < -0.39 is 12.0 Å². The monoisotopic (exact) mass is 580 g/mol. The largest absolute Gasteiger partial charge is 0.489 e. The third kappa shape index (κ3) is 6.77. The number of carbonyl (C=O) groups is 1. The molecule has 0 aliphatic carbocycles. The minimum Gasteiger partial charge on any atom is -0.489 e. The van der Waals surface area contributed by atoms with Crippen LogP contribution in [-0.4, -0.2) is 27.3 Å². The van der Waals surface area contributed by atoms with Gasteiger partial charge in [0.1, 0.15) is 25.0 Å². The Bertz CT molecular complexity index is 1570. The van der Waals surface area contributed by atoms with Gasteiger partial charge < -0.3 is 14.8 Å². The first-order valence-corrected chi connectivity index (χ1v) is 14.9. The lowest BCUT2D eigenvalue weighted by Gasteiger charge is -2.28. The smallest absolute Gasteiger partial charge is 0.338 e. The second-order valence-electron chi connectivity index (χ2n) is 11.2. The van der Waals surface area contributed by atoms with Crippen molar-refractivity contribution in [1.82, 2.24) is 14.8 Å². The lowest BCUT2D eigenvalue weighted by Crippen LogP contribution is -2.29. The molecule has 216 valence electrons. The first-order valence-electron chi connectivity index (χ1n) is 13.9. The standard InChI is InChI=1S/C34H36N4O3S/c1-6-20-40-31(39)29-23(2)35-32-36-33(42-22-25-10-8-7-9-11-25)37-38(32)30(29)26-14-18-28(19-15-26)41-21-24-12-16-27(17-13-24)34(3,4)5/h6-19,30H,1,20-22H2,2-5H3,(H,35,36,37). The van der Waals surface area contributed by atoms with Gasteiger partial charge in [0.2, 0.25) is 11.1 Å². The zero-order valence-corrected chi connectivity index (χ0v) is 25.3. The van der Waals surface area contributed by atoms with Crippen molar-refractivity contribution >= 4 is 23.7 Å². The number of hydrogen-bond donors (Lipinski definition) is 1. The lowest BCUT2D eigenvalue weighted by atomic mass is 9.87. The lowest BCUT2D eigenvalue weighted by molar-refractivity contribution is -0.138. The molecular weight excluding hydrogens is 544 g/mol. The summed E-state index contributed by atoms with van der Waals surface area (Å²) in [7, 11) is 0.